The molecule has 1 aliphatic rings. The lowest BCUT2D eigenvalue weighted by atomic mass is 10.1. The Balaban J connectivity index is 1.77. The van der Waals surface area contributed by atoms with Crippen LogP contribution in [0.4, 0.5) is 5.69 Å². The summed E-state index contributed by atoms with van der Waals surface area (Å²) < 4.78 is 2.08. The molecule has 1 saturated heterocycles. The van der Waals surface area contributed by atoms with Crippen LogP contribution in [0.2, 0.25) is 5.02 Å². The largest absolute Gasteiger partial charge is 0.318 e. The third kappa shape index (κ3) is 3.80. The van der Waals surface area contributed by atoms with Crippen molar-refractivity contribution in [3.05, 3.63) is 87.7 Å². The van der Waals surface area contributed by atoms with Gasteiger partial charge in [0.1, 0.15) is 5.57 Å². The Bertz CT molecular complexity index is 1260. The lowest BCUT2D eigenvalue weighted by Gasteiger charge is -2.29. The fourth-order valence-corrected chi connectivity index (χ4v) is 4.13. The number of amides is 2. The number of benzene rings is 2. The monoisotopic (exact) mass is 449 g/mol. The van der Waals surface area contributed by atoms with Crippen LogP contribution in [-0.2, 0) is 9.59 Å². The van der Waals surface area contributed by atoms with Gasteiger partial charge in [0.2, 0.25) is 0 Å². The Morgan fingerprint density at radius 1 is 0.968 bits per heavy atom. The second-order valence-electron chi connectivity index (χ2n) is 7.39. The van der Waals surface area contributed by atoms with Crippen LogP contribution in [0.5, 0.6) is 0 Å². The highest BCUT2D eigenvalue weighted by molar-refractivity contribution is 7.80. The van der Waals surface area contributed by atoms with Gasteiger partial charge in [-0.3, -0.25) is 19.8 Å². The molecular formula is C24H20ClN3O2S. The molecule has 0 unspecified atom stereocenters. The van der Waals surface area contributed by atoms with Gasteiger partial charge < -0.3 is 4.57 Å². The Labute approximate surface area is 190 Å². The van der Waals surface area contributed by atoms with Crippen LogP contribution in [0, 0.1) is 20.8 Å². The number of halogens is 1. The molecule has 0 bridgehead atoms. The van der Waals surface area contributed by atoms with E-state index in [1.165, 1.54) is 4.90 Å². The van der Waals surface area contributed by atoms with Crippen molar-refractivity contribution in [2.75, 3.05) is 4.90 Å². The fourth-order valence-electron chi connectivity index (χ4n) is 3.68. The van der Waals surface area contributed by atoms with E-state index in [-0.39, 0.29) is 10.7 Å². The first-order chi connectivity index (χ1) is 14.8. The fraction of sp³-hybridized carbons (Fsp3) is 0.125. The first-order valence-electron chi connectivity index (χ1n) is 9.70. The molecule has 156 valence electrons. The number of anilines is 1. The lowest BCUT2D eigenvalue weighted by molar-refractivity contribution is -0.122. The van der Waals surface area contributed by atoms with E-state index in [0.717, 1.165) is 28.2 Å². The van der Waals surface area contributed by atoms with Crippen LogP contribution in [0.3, 0.4) is 0 Å². The van der Waals surface area contributed by atoms with Gasteiger partial charge in [-0.25, -0.2) is 0 Å². The number of aromatic nitrogens is 1. The summed E-state index contributed by atoms with van der Waals surface area (Å²) in [6, 6.07) is 17.1. The summed E-state index contributed by atoms with van der Waals surface area (Å²) in [6.45, 7) is 5.82. The number of carbonyl (C=O) groups excluding carboxylic acids is 2. The molecule has 5 nitrogen and oxygen atoms in total. The maximum atomic E-state index is 13.3. The van der Waals surface area contributed by atoms with Crippen molar-refractivity contribution in [1.82, 2.24) is 9.88 Å². The van der Waals surface area contributed by atoms with Gasteiger partial charge in [-0.2, -0.15) is 0 Å². The van der Waals surface area contributed by atoms with Crippen LogP contribution < -0.4 is 10.2 Å². The number of rotatable bonds is 3. The summed E-state index contributed by atoms with van der Waals surface area (Å²) in [5.74, 6) is -1.01. The minimum atomic E-state index is -0.519. The normalized spacial score (nSPS) is 15.5. The molecule has 4 rings (SSSR count). The van der Waals surface area contributed by atoms with E-state index in [2.05, 4.69) is 9.88 Å². The summed E-state index contributed by atoms with van der Waals surface area (Å²) in [5, 5.41) is 3.16. The van der Waals surface area contributed by atoms with Gasteiger partial charge in [-0.05, 0) is 80.5 Å². The highest BCUT2D eigenvalue weighted by Gasteiger charge is 2.35. The van der Waals surface area contributed by atoms with E-state index < -0.39 is 11.8 Å². The Morgan fingerprint density at radius 2 is 1.68 bits per heavy atom. The smallest absolute Gasteiger partial charge is 0.270 e. The third-order valence-electron chi connectivity index (χ3n) is 5.30. The van der Waals surface area contributed by atoms with Gasteiger partial charge in [-0.15, -0.1) is 0 Å². The zero-order valence-corrected chi connectivity index (χ0v) is 18.8. The van der Waals surface area contributed by atoms with Crippen molar-refractivity contribution in [2.45, 2.75) is 20.8 Å². The minimum Gasteiger partial charge on any atom is -0.318 e. The number of thiocarbonyl (C=S) groups is 1. The zero-order chi connectivity index (χ0) is 22.3. The molecule has 0 spiro atoms. The quantitative estimate of drug-likeness (QED) is 0.352. The Kier molecular flexibility index (Phi) is 5.52. The summed E-state index contributed by atoms with van der Waals surface area (Å²) in [6.07, 6.45) is 1.62. The maximum absolute atomic E-state index is 13.3. The van der Waals surface area contributed by atoms with Crippen molar-refractivity contribution in [3.8, 4) is 5.69 Å². The highest BCUT2D eigenvalue weighted by Crippen LogP contribution is 2.28. The van der Waals surface area contributed by atoms with Gasteiger partial charge in [-0.1, -0.05) is 35.9 Å². The molecule has 0 atom stereocenters. The summed E-state index contributed by atoms with van der Waals surface area (Å²) in [5.41, 5.74) is 5.12. The van der Waals surface area contributed by atoms with Crippen molar-refractivity contribution in [3.63, 3.8) is 0 Å². The average molecular weight is 450 g/mol. The molecule has 2 aromatic carbocycles. The molecule has 1 N–H and O–H groups in total. The van der Waals surface area contributed by atoms with E-state index in [9.17, 15) is 9.59 Å². The van der Waals surface area contributed by atoms with Crippen molar-refractivity contribution in [2.24, 2.45) is 0 Å². The molecule has 2 amide bonds. The SMILES string of the molecule is Cc1ccc(N2C(=O)/C(=C\c3cc(C)n(-c4ccccc4)c3C)C(=O)NC2=S)cc1Cl. The predicted octanol–water partition coefficient (Wildman–Crippen LogP) is 4.89. The van der Waals surface area contributed by atoms with Crippen molar-refractivity contribution >= 4 is 52.5 Å². The van der Waals surface area contributed by atoms with Gasteiger partial charge in [0.05, 0.1) is 5.69 Å². The number of nitrogens with zero attached hydrogens (tertiary/aromatic N) is 2. The predicted molar refractivity (Wildman–Crippen MR) is 128 cm³/mol. The van der Waals surface area contributed by atoms with Crippen LogP contribution in [-0.4, -0.2) is 21.5 Å². The highest BCUT2D eigenvalue weighted by atomic mass is 35.5. The van der Waals surface area contributed by atoms with Crippen LogP contribution in [0.25, 0.3) is 11.8 Å². The molecule has 7 heteroatoms. The van der Waals surface area contributed by atoms with Crippen molar-refractivity contribution in [1.29, 1.82) is 0 Å². The standard InChI is InChI=1S/C24H20ClN3O2S/c1-14-9-10-19(13-21(14)25)28-23(30)20(22(29)26-24(28)31)12-17-11-15(2)27(16(17)3)18-7-5-4-6-8-18/h4-13H,1-3H3,(H,26,29,31)/b20-12-. The summed E-state index contributed by atoms with van der Waals surface area (Å²) in [7, 11) is 0. The molecule has 3 aromatic rings. The molecular weight excluding hydrogens is 430 g/mol. The van der Waals surface area contributed by atoms with Crippen LogP contribution in [0.1, 0.15) is 22.5 Å². The molecule has 0 radical (unpaired) electrons. The van der Waals surface area contributed by atoms with Gasteiger partial charge in [0.15, 0.2) is 5.11 Å². The van der Waals surface area contributed by atoms with E-state index in [1.54, 1.807) is 24.3 Å². The van der Waals surface area contributed by atoms with Crippen molar-refractivity contribution < 1.29 is 9.59 Å². The maximum Gasteiger partial charge on any atom is 0.270 e. The number of hydrogen-bond donors (Lipinski definition) is 1. The van der Waals surface area contributed by atoms with E-state index >= 15 is 0 Å². The lowest BCUT2D eigenvalue weighted by Crippen LogP contribution is -2.54. The number of aryl methyl sites for hydroxylation is 2. The number of nitrogens with one attached hydrogen (secondary N) is 1. The molecule has 0 aliphatic carbocycles. The Morgan fingerprint density at radius 3 is 2.35 bits per heavy atom. The molecule has 1 aliphatic heterocycles. The molecule has 0 saturated carbocycles. The number of hydrogen-bond acceptors (Lipinski definition) is 3. The molecule has 1 aromatic heterocycles. The second-order valence-corrected chi connectivity index (χ2v) is 8.18. The number of para-hydroxylation sites is 1. The van der Waals surface area contributed by atoms with Gasteiger partial charge >= 0.3 is 0 Å². The first-order valence-corrected chi connectivity index (χ1v) is 10.5. The second kappa shape index (κ2) is 8.13. The van der Waals surface area contributed by atoms with E-state index in [1.807, 2.05) is 57.2 Å². The summed E-state index contributed by atoms with van der Waals surface area (Å²) >= 11 is 11.5. The topological polar surface area (TPSA) is 54.3 Å². The zero-order valence-electron chi connectivity index (χ0n) is 17.3. The number of carbonyl (C=O) groups is 2. The third-order valence-corrected chi connectivity index (χ3v) is 5.99. The molecule has 1 fully saturated rings. The first kappa shape index (κ1) is 21.0. The van der Waals surface area contributed by atoms with Crippen LogP contribution >= 0.6 is 23.8 Å². The van der Waals surface area contributed by atoms with Gasteiger partial charge in [0, 0.05) is 22.1 Å². The van der Waals surface area contributed by atoms with Gasteiger partial charge in [0.25, 0.3) is 11.8 Å². The van der Waals surface area contributed by atoms with Crippen LogP contribution in [0.15, 0.2) is 60.2 Å². The van der Waals surface area contributed by atoms with E-state index in [4.69, 9.17) is 23.8 Å². The average Bonchev–Trinajstić information content (AvgIpc) is 3.01. The van der Waals surface area contributed by atoms with E-state index in [0.29, 0.717) is 10.7 Å². The molecule has 2 heterocycles. The Hall–Kier alpha value is -3.22. The summed E-state index contributed by atoms with van der Waals surface area (Å²) in [4.78, 5) is 27.2. The minimum absolute atomic E-state index is 0.0126. The molecule has 31 heavy (non-hydrogen) atoms.